The molecule has 1 fully saturated rings. The van der Waals surface area contributed by atoms with E-state index < -0.39 is 18.8 Å². The standard InChI is InChI=1S/C11H14N5O6P/c12-10-14-8-7(9(18)15-10)13-5-16(8)2-6-1-11(6,3-17)4-22-23(19,20)21/h2,5,17H,1,3-4H2,(H2,19,20,21)(H3,12,14,15,18)/b6-2-. The van der Waals surface area contributed by atoms with E-state index in [1.807, 2.05) is 0 Å². The molecule has 0 bridgehead atoms. The number of H-pyrrole nitrogens is 1. The number of anilines is 1. The van der Waals surface area contributed by atoms with Crippen molar-refractivity contribution < 1.29 is 24.0 Å². The molecular weight excluding hydrogens is 329 g/mol. The van der Waals surface area contributed by atoms with Crippen LogP contribution in [0.4, 0.5) is 5.95 Å². The lowest BCUT2D eigenvalue weighted by molar-refractivity contribution is 0.124. The van der Waals surface area contributed by atoms with Gasteiger partial charge in [0.25, 0.3) is 5.56 Å². The second-order valence-corrected chi connectivity index (χ2v) is 6.55. The minimum absolute atomic E-state index is 0.0586. The molecule has 2 aromatic rings. The minimum Gasteiger partial charge on any atom is -0.395 e. The summed E-state index contributed by atoms with van der Waals surface area (Å²) in [5, 5.41) is 9.46. The van der Waals surface area contributed by atoms with Gasteiger partial charge in [0.15, 0.2) is 11.2 Å². The van der Waals surface area contributed by atoms with E-state index in [1.54, 1.807) is 6.20 Å². The van der Waals surface area contributed by atoms with E-state index >= 15 is 0 Å². The van der Waals surface area contributed by atoms with E-state index in [-0.39, 0.29) is 30.3 Å². The fraction of sp³-hybridized carbons (Fsp3) is 0.364. The van der Waals surface area contributed by atoms with E-state index in [1.165, 1.54) is 10.9 Å². The minimum atomic E-state index is -4.62. The SMILES string of the molecule is Nc1nc2c(ncn2/C=C2/CC2(CO)COP(=O)(O)O)c(=O)[nH]1. The molecule has 0 radical (unpaired) electrons. The average molecular weight is 343 g/mol. The summed E-state index contributed by atoms with van der Waals surface area (Å²) in [7, 11) is -4.62. The number of imidazole rings is 1. The molecular formula is C11H14N5O6P. The van der Waals surface area contributed by atoms with Crippen molar-refractivity contribution in [3.63, 3.8) is 0 Å². The number of hydrogen-bond acceptors (Lipinski definition) is 7. The first-order valence-corrected chi connectivity index (χ1v) is 8.02. The molecule has 1 aliphatic rings. The molecule has 124 valence electrons. The third-order valence-electron chi connectivity index (χ3n) is 3.64. The Morgan fingerprint density at radius 3 is 2.96 bits per heavy atom. The van der Waals surface area contributed by atoms with E-state index in [0.717, 1.165) is 0 Å². The summed E-state index contributed by atoms with van der Waals surface area (Å²) >= 11 is 0. The number of aliphatic hydroxyl groups excluding tert-OH is 1. The first kappa shape index (κ1) is 15.8. The van der Waals surface area contributed by atoms with Crippen LogP contribution in [0.15, 0.2) is 16.7 Å². The van der Waals surface area contributed by atoms with Gasteiger partial charge in [0.2, 0.25) is 5.95 Å². The van der Waals surface area contributed by atoms with Gasteiger partial charge in [-0.1, -0.05) is 0 Å². The van der Waals surface area contributed by atoms with Gasteiger partial charge in [-0.3, -0.25) is 18.9 Å². The molecule has 6 N–H and O–H groups in total. The Morgan fingerprint density at radius 1 is 1.57 bits per heavy atom. The molecule has 0 aromatic carbocycles. The van der Waals surface area contributed by atoms with E-state index in [0.29, 0.717) is 12.0 Å². The zero-order valence-electron chi connectivity index (χ0n) is 11.7. The monoisotopic (exact) mass is 343 g/mol. The Morgan fingerprint density at radius 2 is 2.30 bits per heavy atom. The highest BCUT2D eigenvalue weighted by Gasteiger charge is 2.50. The lowest BCUT2D eigenvalue weighted by Gasteiger charge is -2.12. The van der Waals surface area contributed by atoms with Gasteiger partial charge < -0.3 is 20.6 Å². The Labute approximate surface area is 128 Å². The molecule has 0 saturated heterocycles. The van der Waals surface area contributed by atoms with Crippen molar-refractivity contribution in [3.05, 3.63) is 22.3 Å². The first-order chi connectivity index (χ1) is 10.7. The van der Waals surface area contributed by atoms with Crippen LogP contribution in [-0.4, -0.2) is 47.6 Å². The van der Waals surface area contributed by atoms with Crippen molar-refractivity contribution in [1.82, 2.24) is 19.5 Å². The highest BCUT2D eigenvalue weighted by Crippen LogP contribution is 2.54. The van der Waals surface area contributed by atoms with E-state index in [2.05, 4.69) is 19.5 Å². The molecule has 3 rings (SSSR count). The number of hydrogen-bond donors (Lipinski definition) is 5. The van der Waals surface area contributed by atoms with Gasteiger partial charge in [0.1, 0.15) is 6.33 Å². The molecule has 2 heterocycles. The van der Waals surface area contributed by atoms with Crippen molar-refractivity contribution >= 4 is 31.1 Å². The number of aliphatic hydroxyl groups is 1. The number of nitrogens with two attached hydrogens (primary N) is 1. The van der Waals surface area contributed by atoms with Crippen LogP contribution in [0.25, 0.3) is 17.4 Å². The predicted molar refractivity (Wildman–Crippen MR) is 79.0 cm³/mol. The quantitative estimate of drug-likeness (QED) is 0.427. The van der Waals surface area contributed by atoms with Gasteiger partial charge in [-0.2, -0.15) is 4.98 Å². The summed E-state index contributed by atoms with van der Waals surface area (Å²) in [6.45, 7) is -0.649. The van der Waals surface area contributed by atoms with Crippen molar-refractivity contribution in [2.24, 2.45) is 5.41 Å². The van der Waals surface area contributed by atoms with Gasteiger partial charge in [0.05, 0.1) is 13.2 Å². The topological polar surface area (TPSA) is 177 Å². The van der Waals surface area contributed by atoms with Crippen LogP contribution in [0.2, 0.25) is 0 Å². The highest BCUT2D eigenvalue weighted by molar-refractivity contribution is 7.46. The van der Waals surface area contributed by atoms with Crippen molar-refractivity contribution in [1.29, 1.82) is 0 Å². The second kappa shape index (κ2) is 5.25. The van der Waals surface area contributed by atoms with Gasteiger partial charge in [0, 0.05) is 11.6 Å². The zero-order valence-corrected chi connectivity index (χ0v) is 12.6. The van der Waals surface area contributed by atoms with Gasteiger partial charge in [-0.05, 0) is 12.0 Å². The number of nitrogens with zero attached hydrogens (tertiary/aromatic N) is 3. The molecule has 0 aliphatic heterocycles. The molecule has 0 amide bonds. The van der Waals surface area contributed by atoms with Crippen molar-refractivity contribution in [2.45, 2.75) is 6.42 Å². The molecule has 12 heteroatoms. The number of aromatic amines is 1. The van der Waals surface area contributed by atoms with Crippen molar-refractivity contribution in [3.8, 4) is 0 Å². The Balaban J connectivity index is 1.91. The third kappa shape index (κ3) is 3.05. The fourth-order valence-corrected chi connectivity index (χ4v) is 2.68. The van der Waals surface area contributed by atoms with Gasteiger partial charge >= 0.3 is 7.82 Å². The van der Waals surface area contributed by atoms with Gasteiger partial charge in [-0.25, -0.2) is 9.55 Å². The van der Waals surface area contributed by atoms with Gasteiger partial charge in [-0.15, -0.1) is 0 Å². The maximum atomic E-state index is 11.7. The molecule has 0 spiro atoms. The van der Waals surface area contributed by atoms with Crippen molar-refractivity contribution in [2.75, 3.05) is 18.9 Å². The molecule has 2 aromatic heterocycles. The Kier molecular flexibility index (Phi) is 3.62. The van der Waals surface area contributed by atoms with Crippen LogP contribution in [0.1, 0.15) is 6.42 Å². The summed E-state index contributed by atoms with van der Waals surface area (Å²) in [5.74, 6) is -0.0586. The number of nitrogen functional groups attached to an aromatic ring is 1. The molecule has 11 nitrogen and oxygen atoms in total. The maximum Gasteiger partial charge on any atom is 0.469 e. The van der Waals surface area contributed by atoms with E-state index in [4.69, 9.17) is 15.5 Å². The molecule has 1 saturated carbocycles. The van der Waals surface area contributed by atoms with Crippen LogP contribution < -0.4 is 11.3 Å². The smallest absolute Gasteiger partial charge is 0.395 e. The van der Waals surface area contributed by atoms with Crippen LogP contribution in [0.3, 0.4) is 0 Å². The normalized spacial score (nSPS) is 22.8. The Bertz CT molecular complexity index is 898. The molecule has 23 heavy (non-hydrogen) atoms. The largest absolute Gasteiger partial charge is 0.469 e. The van der Waals surface area contributed by atoms with Crippen LogP contribution in [0, 0.1) is 5.41 Å². The second-order valence-electron chi connectivity index (χ2n) is 5.31. The summed E-state index contributed by atoms with van der Waals surface area (Å²) < 4.78 is 16.7. The lowest BCUT2D eigenvalue weighted by atomic mass is 10.1. The third-order valence-corrected chi connectivity index (χ3v) is 4.11. The number of nitrogens with one attached hydrogen (secondary N) is 1. The van der Waals surface area contributed by atoms with Crippen LogP contribution >= 0.6 is 7.82 Å². The number of phosphoric ester groups is 1. The number of phosphoric acid groups is 1. The fourth-order valence-electron chi connectivity index (χ4n) is 2.26. The molecule has 1 atom stereocenters. The maximum absolute atomic E-state index is 11.7. The lowest BCUT2D eigenvalue weighted by Crippen LogP contribution is -2.15. The number of rotatable bonds is 5. The summed E-state index contributed by atoms with van der Waals surface area (Å²) in [6, 6.07) is 0. The van der Waals surface area contributed by atoms with E-state index in [9.17, 15) is 14.5 Å². The first-order valence-electron chi connectivity index (χ1n) is 6.48. The Hall–Kier alpha value is -2.04. The zero-order chi connectivity index (χ0) is 16.8. The predicted octanol–water partition coefficient (Wildman–Crippen LogP) is -0.966. The molecule has 1 unspecified atom stereocenters. The summed E-state index contributed by atoms with van der Waals surface area (Å²) in [5.41, 5.74) is 5.21. The number of fused-ring (bicyclic) bond motifs is 1. The number of aromatic nitrogens is 4. The summed E-state index contributed by atoms with van der Waals surface area (Å²) in [6.07, 6.45) is 3.34. The van der Waals surface area contributed by atoms with Crippen LogP contribution in [0.5, 0.6) is 0 Å². The highest BCUT2D eigenvalue weighted by atomic mass is 31.2. The summed E-state index contributed by atoms with van der Waals surface area (Å²) in [4.78, 5) is 39.5. The average Bonchev–Trinajstić information content (AvgIpc) is 3.00. The van der Waals surface area contributed by atoms with Crippen LogP contribution in [-0.2, 0) is 9.09 Å². The molecule has 1 aliphatic carbocycles.